The Labute approximate surface area is 320 Å². The van der Waals surface area contributed by atoms with Crippen LogP contribution in [-0.2, 0) is 11.8 Å². The van der Waals surface area contributed by atoms with Crippen LogP contribution in [0.1, 0.15) is 30.0 Å². The Morgan fingerprint density at radius 2 is 1.13 bits per heavy atom. The average Bonchev–Trinajstić information content (AvgIpc) is 3.24. The molecule has 2 heteroatoms. The van der Waals surface area contributed by atoms with Crippen molar-refractivity contribution in [3.63, 3.8) is 0 Å². The van der Waals surface area contributed by atoms with Gasteiger partial charge in [0, 0.05) is 22.5 Å². The number of aromatic nitrogens is 2. The average molecular weight is 701 g/mol. The van der Waals surface area contributed by atoms with Gasteiger partial charge >= 0.3 is 0 Å². The molecule has 0 saturated carbocycles. The molecule has 0 fully saturated rings. The van der Waals surface area contributed by atoms with Crippen LogP contribution in [0.5, 0.6) is 0 Å². The first kappa shape index (κ1) is 30.8. The zero-order valence-electron chi connectivity index (χ0n) is 30.6. The SMILES string of the molecule is CC12C3=CCc4c(-c5ccc(-c6nc7ccccc7nc6-c6ccc(-c7ccc8ccc9cccc%10ccc7c8c9%10)cc6)cc5)ccc(c41)C=CC2C=CC3. The Kier molecular flexibility index (Phi) is 6.40. The number of nitrogens with zero attached hydrogens (tertiary/aromatic N) is 2. The summed E-state index contributed by atoms with van der Waals surface area (Å²) < 4.78 is 0. The summed E-state index contributed by atoms with van der Waals surface area (Å²) in [6.07, 6.45) is 14.0. The van der Waals surface area contributed by atoms with Gasteiger partial charge in [0.25, 0.3) is 0 Å². The lowest BCUT2D eigenvalue weighted by atomic mass is 9.56. The quantitative estimate of drug-likeness (QED) is 0.135. The Bertz CT molecular complexity index is 3130. The lowest BCUT2D eigenvalue weighted by molar-refractivity contribution is 0.436. The van der Waals surface area contributed by atoms with Gasteiger partial charge in [-0.15, -0.1) is 0 Å². The molecule has 0 bridgehead atoms. The van der Waals surface area contributed by atoms with Crippen LogP contribution in [0.2, 0.25) is 0 Å². The molecule has 2 nitrogen and oxygen atoms in total. The third-order valence-corrected chi connectivity index (χ3v) is 13.0. The Hall–Kier alpha value is -6.64. The summed E-state index contributed by atoms with van der Waals surface area (Å²) in [5.74, 6) is 0.413. The summed E-state index contributed by atoms with van der Waals surface area (Å²) in [5.41, 5.74) is 16.7. The number of fused-ring (bicyclic) bond motifs is 1. The second-order valence-electron chi connectivity index (χ2n) is 15.7. The van der Waals surface area contributed by atoms with Crippen LogP contribution in [-0.4, -0.2) is 9.97 Å². The third-order valence-electron chi connectivity index (χ3n) is 13.0. The molecule has 258 valence electrons. The van der Waals surface area contributed by atoms with E-state index in [2.05, 4.69) is 165 Å². The fourth-order valence-corrected chi connectivity index (χ4v) is 10.2. The van der Waals surface area contributed by atoms with E-state index >= 15 is 0 Å². The first-order valence-electron chi connectivity index (χ1n) is 19.5. The maximum Gasteiger partial charge on any atom is 0.0973 e. The standard InChI is InChI=1S/C53H36N2/c1-53-40-8-5-9-41(53)27-31-45-43(29-25-37(22-26-40)50(45)53)33-14-20-39(21-15-33)52-51(54-46-10-2-3-11-47(46)55-52)38-18-12-32(13-19-38)42-28-23-36-17-16-34-6-4-7-35-24-30-44(42)49(36)48(34)35/h2-8,10-30,40H,9,31H2,1H3. The molecule has 3 aliphatic rings. The molecule has 1 heterocycles. The van der Waals surface area contributed by atoms with Crippen LogP contribution in [0.15, 0.2) is 169 Å². The lowest BCUT2D eigenvalue weighted by Crippen LogP contribution is -2.39. The van der Waals surface area contributed by atoms with Crippen molar-refractivity contribution in [3.05, 3.63) is 186 Å². The summed E-state index contributed by atoms with van der Waals surface area (Å²) in [6, 6.07) is 51.0. The summed E-state index contributed by atoms with van der Waals surface area (Å²) in [7, 11) is 0. The second-order valence-corrected chi connectivity index (χ2v) is 15.7. The van der Waals surface area contributed by atoms with Crippen molar-refractivity contribution in [2.45, 2.75) is 25.2 Å². The zero-order valence-corrected chi connectivity index (χ0v) is 30.6. The first-order valence-corrected chi connectivity index (χ1v) is 19.5. The molecule has 2 unspecified atom stereocenters. The minimum atomic E-state index is 0.0352. The Morgan fingerprint density at radius 1 is 0.527 bits per heavy atom. The number of allylic oxidation sites excluding steroid dienone is 5. The van der Waals surface area contributed by atoms with Crippen molar-refractivity contribution in [1.82, 2.24) is 9.97 Å². The highest BCUT2D eigenvalue weighted by Crippen LogP contribution is 2.54. The van der Waals surface area contributed by atoms with Gasteiger partial charge in [0.2, 0.25) is 0 Å². The summed E-state index contributed by atoms with van der Waals surface area (Å²) in [5, 5.41) is 7.82. The summed E-state index contributed by atoms with van der Waals surface area (Å²) >= 11 is 0. The summed E-state index contributed by atoms with van der Waals surface area (Å²) in [4.78, 5) is 10.5. The highest BCUT2D eigenvalue weighted by atomic mass is 14.8. The number of hydrogen-bond acceptors (Lipinski definition) is 2. The smallest absolute Gasteiger partial charge is 0.0973 e. The van der Waals surface area contributed by atoms with E-state index in [1.54, 1.807) is 5.57 Å². The van der Waals surface area contributed by atoms with Crippen LogP contribution >= 0.6 is 0 Å². The molecule has 0 N–H and O–H groups in total. The van der Waals surface area contributed by atoms with E-state index in [0.717, 1.165) is 46.4 Å². The predicted octanol–water partition coefficient (Wildman–Crippen LogP) is 13.5. The van der Waals surface area contributed by atoms with E-state index in [0.29, 0.717) is 5.92 Å². The molecular formula is C53H36N2. The highest BCUT2D eigenvalue weighted by Gasteiger charge is 2.44. The van der Waals surface area contributed by atoms with E-state index in [1.165, 1.54) is 71.3 Å². The van der Waals surface area contributed by atoms with Crippen LogP contribution in [0.4, 0.5) is 0 Å². The number of benzene rings is 8. The predicted molar refractivity (Wildman–Crippen MR) is 230 cm³/mol. The van der Waals surface area contributed by atoms with Gasteiger partial charge in [0.15, 0.2) is 0 Å². The molecule has 0 spiro atoms. The van der Waals surface area contributed by atoms with Crippen LogP contribution in [0, 0.1) is 5.92 Å². The number of rotatable bonds is 4. The third kappa shape index (κ3) is 4.43. The van der Waals surface area contributed by atoms with Crippen molar-refractivity contribution < 1.29 is 0 Å². The van der Waals surface area contributed by atoms with Crippen molar-refractivity contribution in [2.75, 3.05) is 0 Å². The molecule has 55 heavy (non-hydrogen) atoms. The van der Waals surface area contributed by atoms with Gasteiger partial charge in [-0.05, 0) is 96.2 Å². The van der Waals surface area contributed by atoms with Crippen molar-refractivity contribution in [1.29, 1.82) is 0 Å². The minimum absolute atomic E-state index is 0.0352. The van der Waals surface area contributed by atoms with E-state index in [9.17, 15) is 0 Å². The topological polar surface area (TPSA) is 25.8 Å². The van der Waals surface area contributed by atoms with E-state index < -0.39 is 0 Å². The molecule has 0 saturated heterocycles. The van der Waals surface area contributed by atoms with Crippen LogP contribution in [0.3, 0.4) is 0 Å². The largest absolute Gasteiger partial charge is 0.244 e. The molecule has 0 amide bonds. The van der Waals surface area contributed by atoms with Crippen molar-refractivity contribution in [2.24, 2.45) is 5.92 Å². The van der Waals surface area contributed by atoms with Gasteiger partial charge in [-0.25, -0.2) is 9.97 Å². The molecule has 9 aromatic rings. The van der Waals surface area contributed by atoms with Gasteiger partial charge in [0.1, 0.15) is 0 Å². The van der Waals surface area contributed by atoms with Crippen molar-refractivity contribution >= 4 is 49.4 Å². The number of hydrogen-bond donors (Lipinski definition) is 0. The zero-order chi connectivity index (χ0) is 36.3. The molecule has 2 atom stereocenters. The van der Waals surface area contributed by atoms with E-state index in [4.69, 9.17) is 9.97 Å². The lowest BCUT2D eigenvalue weighted by Gasteiger charge is -2.47. The van der Waals surface area contributed by atoms with E-state index in [-0.39, 0.29) is 5.41 Å². The van der Waals surface area contributed by atoms with Crippen LogP contribution in [0.25, 0.3) is 94.2 Å². The van der Waals surface area contributed by atoms with Gasteiger partial charge in [-0.1, -0.05) is 170 Å². The molecule has 0 aliphatic heterocycles. The Balaban J connectivity index is 0.947. The van der Waals surface area contributed by atoms with E-state index in [1.807, 2.05) is 12.1 Å². The first-order chi connectivity index (χ1) is 27.1. The normalized spacial score (nSPS) is 18.3. The maximum absolute atomic E-state index is 5.26. The fourth-order valence-electron chi connectivity index (χ4n) is 10.2. The number of para-hydroxylation sites is 2. The molecule has 8 aromatic carbocycles. The maximum atomic E-state index is 5.26. The Morgan fingerprint density at radius 3 is 1.84 bits per heavy atom. The fraction of sp³-hybridized carbons (Fsp3) is 0.0943. The van der Waals surface area contributed by atoms with Gasteiger partial charge in [0.05, 0.1) is 22.4 Å². The molecular weight excluding hydrogens is 665 g/mol. The molecule has 12 rings (SSSR count). The van der Waals surface area contributed by atoms with Gasteiger partial charge < -0.3 is 0 Å². The molecule has 3 aliphatic carbocycles. The second kappa shape index (κ2) is 11.4. The molecule has 0 radical (unpaired) electrons. The van der Waals surface area contributed by atoms with Gasteiger partial charge in [-0.2, -0.15) is 0 Å². The highest BCUT2D eigenvalue weighted by molar-refractivity contribution is 6.25. The molecule has 1 aromatic heterocycles. The van der Waals surface area contributed by atoms with Crippen LogP contribution < -0.4 is 0 Å². The van der Waals surface area contributed by atoms with Crippen molar-refractivity contribution in [3.8, 4) is 44.8 Å². The van der Waals surface area contributed by atoms with Gasteiger partial charge in [-0.3, -0.25) is 0 Å². The minimum Gasteiger partial charge on any atom is -0.244 e. The monoisotopic (exact) mass is 700 g/mol. The summed E-state index contributed by atoms with van der Waals surface area (Å²) in [6.45, 7) is 2.46.